The van der Waals surface area contributed by atoms with E-state index in [9.17, 15) is 18.0 Å². The standard InChI is InChI=1S/C20H17F3N2O2/c1-11-6-13(15-10-24-18-9-14(21)4-5-25(15)18)8-17(27-20(22)23)19(11)16(26)7-12-2-3-12/h4-6,8-10,12,20H,2-3,7H2,1H3. The van der Waals surface area contributed by atoms with Crippen LogP contribution in [0.15, 0.2) is 36.7 Å². The molecule has 140 valence electrons. The first-order valence-electron chi connectivity index (χ1n) is 8.68. The van der Waals surface area contributed by atoms with Gasteiger partial charge in [-0.05, 0) is 49.4 Å². The number of ketones is 1. The van der Waals surface area contributed by atoms with Crippen molar-refractivity contribution in [2.75, 3.05) is 0 Å². The molecule has 7 heteroatoms. The lowest BCUT2D eigenvalue weighted by Crippen LogP contribution is -2.11. The number of benzene rings is 1. The second-order valence-electron chi connectivity index (χ2n) is 6.83. The van der Waals surface area contributed by atoms with Crippen molar-refractivity contribution in [3.05, 3.63) is 53.6 Å². The summed E-state index contributed by atoms with van der Waals surface area (Å²) in [7, 11) is 0. The van der Waals surface area contributed by atoms with Crippen LogP contribution in [0.25, 0.3) is 16.9 Å². The van der Waals surface area contributed by atoms with E-state index in [4.69, 9.17) is 0 Å². The molecule has 0 bridgehead atoms. The molecule has 1 aliphatic carbocycles. The van der Waals surface area contributed by atoms with Gasteiger partial charge in [0.1, 0.15) is 17.2 Å². The monoisotopic (exact) mass is 374 g/mol. The molecule has 4 nitrogen and oxygen atoms in total. The van der Waals surface area contributed by atoms with E-state index in [1.807, 2.05) is 0 Å². The van der Waals surface area contributed by atoms with Gasteiger partial charge in [-0.25, -0.2) is 9.37 Å². The number of aryl methyl sites for hydroxylation is 1. The summed E-state index contributed by atoms with van der Waals surface area (Å²) in [5.41, 5.74) is 2.31. The third-order valence-electron chi connectivity index (χ3n) is 4.74. The first-order valence-corrected chi connectivity index (χ1v) is 8.68. The lowest BCUT2D eigenvalue weighted by atomic mass is 9.96. The summed E-state index contributed by atoms with van der Waals surface area (Å²) < 4.78 is 45.6. The largest absolute Gasteiger partial charge is 0.434 e. The van der Waals surface area contributed by atoms with E-state index in [0.717, 1.165) is 12.8 Å². The van der Waals surface area contributed by atoms with Gasteiger partial charge in [-0.2, -0.15) is 8.78 Å². The molecule has 2 heterocycles. The molecule has 1 saturated carbocycles. The van der Waals surface area contributed by atoms with Crippen LogP contribution in [0.4, 0.5) is 13.2 Å². The average molecular weight is 374 g/mol. The molecule has 0 aliphatic heterocycles. The Morgan fingerprint density at radius 2 is 2.11 bits per heavy atom. The Morgan fingerprint density at radius 3 is 2.81 bits per heavy atom. The maximum Gasteiger partial charge on any atom is 0.387 e. The van der Waals surface area contributed by atoms with Crippen LogP contribution in [-0.2, 0) is 0 Å². The van der Waals surface area contributed by atoms with E-state index in [0.29, 0.717) is 34.8 Å². The summed E-state index contributed by atoms with van der Waals surface area (Å²) in [6, 6.07) is 5.73. The normalized spacial score (nSPS) is 14.1. The number of fused-ring (bicyclic) bond motifs is 1. The molecule has 0 radical (unpaired) electrons. The van der Waals surface area contributed by atoms with Gasteiger partial charge in [-0.15, -0.1) is 0 Å². The number of pyridine rings is 1. The van der Waals surface area contributed by atoms with E-state index < -0.39 is 12.4 Å². The molecule has 0 atom stereocenters. The van der Waals surface area contributed by atoms with Crippen LogP contribution in [0.3, 0.4) is 0 Å². The fraction of sp³-hybridized carbons (Fsp3) is 0.300. The van der Waals surface area contributed by atoms with E-state index >= 15 is 0 Å². The summed E-state index contributed by atoms with van der Waals surface area (Å²) in [6.45, 7) is -1.34. The highest BCUT2D eigenvalue weighted by Crippen LogP contribution is 2.37. The Bertz CT molecular complexity index is 1030. The van der Waals surface area contributed by atoms with Gasteiger partial charge in [0.25, 0.3) is 0 Å². The van der Waals surface area contributed by atoms with Gasteiger partial charge in [0, 0.05) is 24.2 Å². The number of halogens is 3. The molecule has 27 heavy (non-hydrogen) atoms. The number of carbonyl (C=O) groups excluding carboxylic acids is 1. The number of carbonyl (C=O) groups is 1. The molecule has 4 rings (SSSR count). The van der Waals surface area contributed by atoms with Gasteiger partial charge in [0.05, 0.1) is 17.5 Å². The van der Waals surface area contributed by atoms with Crippen LogP contribution < -0.4 is 4.74 Å². The van der Waals surface area contributed by atoms with Crippen molar-refractivity contribution in [2.24, 2.45) is 5.92 Å². The maximum atomic E-state index is 13.4. The Labute approximate surface area is 153 Å². The SMILES string of the molecule is Cc1cc(-c2cnc3cc(F)ccn23)cc(OC(F)F)c1C(=O)CC1CC1. The summed E-state index contributed by atoms with van der Waals surface area (Å²) in [4.78, 5) is 16.7. The molecular formula is C20H17F3N2O2. The number of hydrogen-bond donors (Lipinski definition) is 0. The fourth-order valence-electron chi connectivity index (χ4n) is 3.30. The summed E-state index contributed by atoms with van der Waals surface area (Å²) in [5.74, 6) is -0.400. The summed E-state index contributed by atoms with van der Waals surface area (Å²) >= 11 is 0. The molecule has 0 amide bonds. The highest BCUT2D eigenvalue weighted by molar-refractivity contribution is 6.01. The minimum atomic E-state index is -3.04. The molecule has 0 saturated heterocycles. The van der Waals surface area contributed by atoms with Gasteiger partial charge in [0.2, 0.25) is 0 Å². The molecular weight excluding hydrogens is 357 g/mol. The van der Waals surface area contributed by atoms with Crippen molar-refractivity contribution in [1.82, 2.24) is 9.38 Å². The topological polar surface area (TPSA) is 43.6 Å². The Hall–Kier alpha value is -2.83. The lowest BCUT2D eigenvalue weighted by molar-refractivity contribution is -0.0501. The predicted octanol–water partition coefficient (Wildman–Crippen LogP) is 5.03. The van der Waals surface area contributed by atoms with Crippen LogP contribution in [0.2, 0.25) is 0 Å². The fourth-order valence-corrected chi connectivity index (χ4v) is 3.30. The van der Waals surface area contributed by atoms with E-state index in [1.165, 1.54) is 30.6 Å². The number of ether oxygens (including phenoxy) is 1. The van der Waals surface area contributed by atoms with Crippen LogP contribution >= 0.6 is 0 Å². The molecule has 1 fully saturated rings. The van der Waals surface area contributed by atoms with E-state index in [-0.39, 0.29) is 17.1 Å². The maximum absolute atomic E-state index is 13.4. The van der Waals surface area contributed by atoms with Crippen molar-refractivity contribution < 1.29 is 22.7 Å². The predicted molar refractivity (Wildman–Crippen MR) is 93.6 cm³/mol. The number of imidazole rings is 1. The Balaban J connectivity index is 1.81. The van der Waals surface area contributed by atoms with Crippen molar-refractivity contribution in [1.29, 1.82) is 0 Å². The molecule has 3 aromatic rings. The third kappa shape index (κ3) is 3.54. The number of aromatic nitrogens is 2. The highest BCUT2D eigenvalue weighted by atomic mass is 19.3. The Kier molecular flexibility index (Phi) is 4.37. The zero-order valence-electron chi connectivity index (χ0n) is 14.6. The minimum Gasteiger partial charge on any atom is -0.434 e. The third-order valence-corrected chi connectivity index (χ3v) is 4.74. The van der Waals surface area contributed by atoms with Crippen molar-refractivity contribution in [3.63, 3.8) is 0 Å². The first-order chi connectivity index (χ1) is 12.9. The van der Waals surface area contributed by atoms with Crippen LogP contribution in [0, 0.1) is 18.7 Å². The zero-order valence-corrected chi connectivity index (χ0v) is 14.6. The lowest BCUT2D eigenvalue weighted by Gasteiger charge is -2.15. The van der Waals surface area contributed by atoms with Gasteiger partial charge >= 0.3 is 6.61 Å². The first kappa shape index (κ1) is 17.6. The average Bonchev–Trinajstić information content (AvgIpc) is 3.30. The number of Topliss-reactive ketones (excluding diaryl/α,β-unsaturated/α-hetero) is 1. The second-order valence-corrected chi connectivity index (χ2v) is 6.83. The smallest absolute Gasteiger partial charge is 0.387 e. The van der Waals surface area contributed by atoms with Crippen LogP contribution in [0.5, 0.6) is 5.75 Å². The van der Waals surface area contributed by atoms with Crippen LogP contribution in [-0.4, -0.2) is 21.8 Å². The Morgan fingerprint density at radius 1 is 1.33 bits per heavy atom. The molecule has 0 spiro atoms. The molecule has 1 aromatic carbocycles. The zero-order chi connectivity index (χ0) is 19.1. The van der Waals surface area contributed by atoms with E-state index in [2.05, 4.69) is 9.72 Å². The summed E-state index contributed by atoms with van der Waals surface area (Å²) in [6.07, 6.45) is 5.37. The number of nitrogens with zero attached hydrogens (tertiary/aromatic N) is 2. The van der Waals surface area contributed by atoms with Gasteiger partial charge in [0.15, 0.2) is 5.78 Å². The molecule has 0 N–H and O–H groups in total. The second kappa shape index (κ2) is 6.72. The van der Waals surface area contributed by atoms with Crippen molar-refractivity contribution in [2.45, 2.75) is 32.8 Å². The number of rotatable bonds is 6. The van der Waals surface area contributed by atoms with Gasteiger partial charge in [-0.3, -0.25) is 9.20 Å². The van der Waals surface area contributed by atoms with Gasteiger partial charge in [-0.1, -0.05) is 0 Å². The van der Waals surface area contributed by atoms with Crippen molar-refractivity contribution >= 4 is 11.4 Å². The van der Waals surface area contributed by atoms with Gasteiger partial charge < -0.3 is 4.74 Å². The summed E-state index contributed by atoms with van der Waals surface area (Å²) in [5, 5.41) is 0. The molecule has 1 aliphatic rings. The number of alkyl halides is 2. The van der Waals surface area contributed by atoms with Crippen LogP contribution in [0.1, 0.15) is 35.2 Å². The molecule has 2 aromatic heterocycles. The van der Waals surface area contributed by atoms with E-state index in [1.54, 1.807) is 17.4 Å². The minimum absolute atomic E-state index is 0.136. The number of hydrogen-bond acceptors (Lipinski definition) is 3. The van der Waals surface area contributed by atoms with Crippen molar-refractivity contribution in [3.8, 4) is 17.0 Å². The highest BCUT2D eigenvalue weighted by Gasteiger charge is 2.28. The quantitative estimate of drug-likeness (QED) is 0.568. The molecule has 0 unspecified atom stereocenters.